The van der Waals surface area contributed by atoms with E-state index in [9.17, 15) is 17.6 Å². The van der Waals surface area contributed by atoms with E-state index in [4.69, 9.17) is 9.88 Å². The number of likely N-dealkylation sites (tertiary alicyclic amines) is 1. The second-order valence-corrected chi connectivity index (χ2v) is 9.56. The summed E-state index contributed by atoms with van der Waals surface area (Å²) in [4.78, 5) is 19.0. The predicted molar refractivity (Wildman–Crippen MR) is 126 cm³/mol. The van der Waals surface area contributed by atoms with Crippen molar-refractivity contribution in [1.82, 2.24) is 9.88 Å². The molecule has 1 aromatic heterocycles. The van der Waals surface area contributed by atoms with Crippen LogP contribution in [0, 0.1) is 5.82 Å². The van der Waals surface area contributed by atoms with Crippen molar-refractivity contribution in [3.8, 4) is 5.75 Å². The first-order valence-electron chi connectivity index (χ1n) is 10.7. The largest absolute Gasteiger partial charge is 0.495 e. The number of amides is 1. The van der Waals surface area contributed by atoms with Crippen LogP contribution >= 0.6 is 0 Å². The van der Waals surface area contributed by atoms with E-state index in [0.717, 1.165) is 18.4 Å². The topological polar surface area (TPSA) is 115 Å². The molecule has 1 amide bonds. The van der Waals surface area contributed by atoms with Crippen molar-refractivity contribution in [2.45, 2.75) is 23.8 Å². The molecule has 8 nitrogen and oxygen atoms in total. The summed E-state index contributed by atoms with van der Waals surface area (Å²) in [7, 11) is -2.56. The van der Waals surface area contributed by atoms with Crippen LogP contribution in [-0.4, -0.2) is 44.4 Å². The summed E-state index contributed by atoms with van der Waals surface area (Å²) in [6, 6.07) is 14.8. The van der Waals surface area contributed by atoms with Crippen molar-refractivity contribution in [3.63, 3.8) is 0 Å². The number of methoxy groups -OCH3 is 1. The van der Waals surface area contributed by atoms with Gasteiger partial charge < -0.3 is 15.0 Å². The van der Waals surface area contributed by atoms with Crippen molar-refractivity contribution in [1.29, 1.82) is 0 Å². The molecule has 0 aliphatic carbocycles. The van der Waals surface area contributed by atoms with Crippen LogP contribution in [0.25, 0.3) is 0 Å². The minimum absolute atomic E-state index is 0.221. The Morgan fingerprint density at radius 3 is 2.44 bits per heavy atom. The fourth-order valence-electron chi connectivity index (χ4n) is 4.08. The van der Waals surface area contributed by atoms with Crippen LogP contribution in [0.3, 0.4) is 0 Å². The molecule has 0 atom stereocenters. The lowest BCUT2D eigenvalue weighted by molar-refractivity contribution is 0.0713. The Hall–Kier alpha value is -3.50. The fourth-order valence-corrected chi connectivity index (χ4v) is 4.56. The summed E-state index contributed by atoms with van der Waals surface area (Å²) in [5.74, 6) is 0.207. The van der Waals surface area contributed by atoms with E-state index in [-0.39, 0.29) is 33.9 Å². The van der Waals surface area contributed by atoms with Gasteiger partial charge in [-0.1, -0.05) is 24.3 Å². The van der Waals surface area contributed by atoms with Crippen LogP contribution in [0.2, 0.25) is 0 Å². The van der Waals surface area contributed by atoms with Gasteiger partial charge >= 0.3 is 0 Å². The Bertz CT molecular complexity index is 1290. The summed E-state index contributed by atoms with van der Waals surface area (Å²) >= 11 is 0. The Balaban J connectivity index is 1.59. The number of para-hydroxylation sites is 2. The molecule has 3 aromatic rings. The normalized spacial score (nSPS) is 14.6. The number of pyridine rings is 1. The van der Waals surface area contributed by atoms with E-state index in [2.05, 4.69) is 10.3 Å². The summed E-state index contributed by atoms with van der Waals surface area (Å²) in [6.45, 7) is 1.01. The Kier molecular flexibility index (Phi) is 6.80. The van der Waals surface area contributed by atoms with E-state index in [1.165, 1.54) is 31.5 Å². The van der Waals surface area contributed by atoms with Gasteiger partial charge in [0.05, 0.1) is 24.0 Å². The lowest BCUT2D eigenvalue weighted by atomic mass is 9.89. The zero-order valence-corrected chi connectivity index (χ0v) is 19.4. The quantitative estimate of drug-likeness (QED) is 0.552. The van der Waals surface area contributed by atoms with Crippen LogP contribution in [-0.2, 0) is 10.0 Å². The zero-order valence-electron chi connectivity index (χ0n) is 18.6. The number of carbonyl (C=O) groups is 1. The molecule has 0 saturated carbocycles. The molecule has 4 rings (SSSR count). The third-order valence-electron chi connectivity index (χ3n) is 5.90. The van der Waals surface area contributed by atoms with Crippen molar-refractivity contribution >= 4 is 27.3 Å². The third-order valence-corrected chi connectivity index (χ3v) is 6.71. The number of aromatic nitrogens is 1. The Morgan fingerprint density at radius 2 is 1.79 bits per heavy atom. The van der Waals surface area contributed by atoms with E-state index >= 15 is 0 Å². The van der Waals surface area contributed by atoms with Crippen molar-refractivity contribution in [2.75, 3.05) is 25.5 Å². The van der Waals surface area contributed by atoms with Gasteiger partial charge in [0.25, 0.3) is 15.9 Å². The molecule has 178 valence electrons. The molecule has 3 N–H and O–H groups in total. The first kappa shape index (κ1) is 23.7. The number of halogens is 1. The number of carbonyl (C=O) groups excluding carboxylic acids is 1. The number of hydrogen-bond acceptors (Lipinski definition) is 6. The number of ether oxygens (including phenoxy) is 1. The summed E-state index contributed by atoms with van der Waals surface area (Å²) < 4.78 is 42.3. The summed E-state index contributed by atoms with van der Waals surface area (Å²) in [5, 5.41) is 8.01. The molecule has 1 saturated heterocycles. The second-order valence-electron chi connectivity index (χ2n) is 8.06. The van der Waals surface area contributed by atoms with Gasteiger partial charge in [-0.25, -0.2) is 22.9 Å². The average Bonchev–Trinajstić information content (AvgIpc) is 2.84. The van der Waals surface area contributed by atoms with E-state index < -0.39 is 10.0 Å². The van der Waals surface area contributed by atoms with Crippen LogP contribution in [0.1, 0.15) is 34.7 Å². The van der Waals surface area contributed by atoms with Gasteiger partial charge in [-0.2, -0.15) is 0 Å². The van der Waals surface area contributed by atoms with Gasteiger partial charge in [0.15, 0.2) is 5.03 Å². The Morgan fingerprint density at radius 1 is 1.12 bits per heavy atom. The van der Waals surface area contributed by atoms with Crippen molar-refractivity contribution in [3.05, 3.63) is 77.7 Å². The zero-order chi connectivity index (χ0) is 24.3. The average molecular weight is 485 g/mol. The molecule has 2 aromatic carbocycles. The van der Waals surface area contributed by atoms with Crippen molar-refractivity contribution in [2.24, 2.45) is 5.14 Å². The molecule has 10 heteroatoms. The third kappa shape index (κ3) is 5.18. The molecule has 34 heavy (non-hydrogen) atoms. The van der Waals surface area contributed by atoms with E-state index in [1.54, 1.807) is 41.3 Å². The van der Waals surface area contributed by atoms with Crippen LogP contribution in [0.5, 0.6) is 5.75 Å². The molecule has 1 fully saturated rings. The lowest BCUT2D eigenvalue weighted by Gasteiger charge is -2.32. The number of benzene rings is 2. The number of sulfonamides is 1. The molecule has 2 heterocycles. The molecule has 0 spiro atoms. The first-order chi connectivity index (χ1) is 16.3. The molecule has 0 radical (unpaired) electrons. The number of anilines is 2. The van der Waals surface area contributed by atoms with Gasteiger partial charge in [-0.05, 0) is 48.6 Å². The molecule has 0 unspecified atom stereocenters. The SMILES string of the molecule is COc1ccccc1Nc1cc(S(N)(=O)=O)ncc1C(=O)N1CCC(c2ccc(F)cc2)CC1. The molecular formula is C24H25FN4O4S. The fraction of sp³-hybridized carbons (Fsp3) is 0.250. The van der Waals surface area contributed by atoms with Gasteiger partial charge in [-0.15, -0.1) is 0 Å². The highest BCUT2D eigenvalue weighted by Crippen LogP contribution is 2.32. The number of hydrogen-bond donors (Lipinski definition) is 2. The maximum Gasteiger partial charge on any atom is 0.257 e. The maximum atomic E-state index is 13.4. The van der Waals surface area contributed by atoms with Gasteiger partial charge in [0, 0.05) is 25.4 Å². The maximum absolute atomic E-state index is 13.4. The number of nitrogens with zero attached hydrogens (tertiary/aromatic N) is 2. The van der Waals surface area contributed by atoms with Gasteiger partial charge in [0.1, 0.15) is 11.6 Å². The first-order valence-corrected chi connectivity index (χ1v) is 12.3. The molecule has 0 bridgehead atoms. The van der Waals surface area contributed by atoms with Gasteiger partial charge in [0.2, 0.25) is 0 Å². The molecule has 1 aliphatic heterocycles. The number of nitrogens with two attached hydrogens (primary N) is 1. The number of rotatable bonds is 6. The Labute approximate surface area is 197 Å². The lowest BCUT2D eigenvalue weighted by Crippen LogP contribution is -2.38. The van der Waals surface area contributed by atoms with Gasteiger partial charge in [-0.3, -0.25) is 4.79 Å². The molecular weight excluding hydrogens is 459 g/mol. The smallest absolute Gasteiger partial charge is 0.257 e. The second kappa shape index (κ2) is 9.78. The van der Waals surface area contributed by atoms with Crippen LogP contribution in [0.15, 0.2) is 65.8 Å². The summed E-state index contributed by atoms with van der Waals surface area (Å²) in [6.07, 6.45) is 2.69. The highest BCUT2D eigenvalue weighted by molar-refractivity contribution is 7.89. The van der Waals surface area contributed by atoms with E-state index in [1.807, 2.05) is 0 Å². The standard InChI is InChI=1S/C24H25FN4O4S/c1-33-22-5-3-2-4-20(22)28-21-14-23(34(26,31)32)27-15-19(21)24(30)29-12-10-17(11-13-29)16-6-8-18(25)9-7-16/h2-9,14-15,17H,10-13H2,1H3,(H,27,28)(H2,26,31,32). The predicted octanol–water partition coefficient (Wildman–Crippen LogP) is 3.64. The van der Waals surface area contributed by atoms with Crippen LogP contribution < -0.4 is 15.2 Å². The minimum Gasteiger partial charge on any atom is -0.495 e. The molecule has 1 aliphatic rings. The monoisotopic (exact) mass is 484 g/mol. The number of primary sulfonamides is 1. The van der Waals surface area contributed by atoms with Crippen molar-refractivity contribution < 1.29 is 22.3 Å². The number of nitrogens with one attached hydrogen (secondary N) is 1. The number of piperidine rings is 1. The summed E-state index contributed by atoms with van der Waals surface area (Å²) in [5.41, 5.74) is 2.08. The van der Waals surface area contributed by atoms with E-state index in [0.29, 0.717) is 24.5 Å². The highest BCUT2D eigenvalue weighted by atomic mass is 32.2. The highest BCUT2D eigenvalue weighted by Gasteiger charge is 2.27. The minimum atomic E-state index is -4.08. The van der Waals surface area contributed by atoms with Crippen LogP contribution in [0.4, 0.5) is 15.8 Å².